The van der Waals surface area contributed by atoms with E-state index in [0.717, 1.165) is 20.5 Å². The molecule has 5 heteroatoms. The van der Waals surface area contributed by atoms with Gasteiger partial charge in [0.15, 0.2) is 0 Å². The topological polar surface area (TPSA) is 70.1 Å². The molecule has 0 aliphatic carbocycles. The quantitative estimate of drug-likeness (QED) is 0.582. The Hall–Kier alpha value is -1.10. The monoisotopic (exact) mass is 256 g/mol. The number of fused-ring (bicyclic) bond motifs is 1. The number of nitrogen functional groups attached to an aromatic ring is 1. The largest absolute Gasteiger partial charge is 0.396 e. The maximum atomic E-state index is 8.83. The summed E-state index contributed by atoms with van der Waals surface area (Å²) in [7, 11) is 0. The van der Waals surface area contributed by atoms with Crippen LogP contribution < -0.4 is 5.73 Å². The van der Waals surface area contributed by atoms with E-state index in [1.165, 1.54) is 11.3 Å². The van der Waals surface area contributed by atoms with E-state index in [-0.39, 0.29) is 24.8 Å². The van der Waals surface area contributed by atoms with Gasteiger partial charge < -0.3 is 10.8 Å². The second-order valence-electron chi connectivity index (χ2n) is 3.37. The van der Waals surface area contributed by atoms with Crippen LogP contribution in [0.4, 0.5) is 0 Å². The van der Waals surface area contributed by atoms with Gasteiger partial charge in [0.25, 0.3) is 0 Å². The van der Waals surface area contributed by atoms with E-state index in [1.54, 1.807) is 0 Å². The third kappa shape index (κ3) is 2.52. The van der Waals surface area contributed by atoms with Crippen molar-refractivity contribution in [2.45, 2.75) is 6.42 Å². The maximum Gasteiger partial charge on any atom is 0.133 e. The highest BCUT2D eigenvalue weighted by atomic mass is 35.5. The van der Waals surface area contributed by atoms with Crippen molar-refractivity contribution in [2.24, 2.45) is 5.73 Å². The minimum absolute atomic E-state index is 0. The van der Waals surface area contributed by atoms with E-state index < -0.39 is 0 Å². The maximum absolute atomic E-state index is 8.83. The molecule has 0 saturated carbocycles. The van der Waals surface area contributed by atoms with Crippen LogP contribution in [0.15, 0.2) is 24.3 Å². The standard InChI is InChI=1S/C11H12N2OS.ClH/c12-11(13)10-6-8-5-7(3-4-14)1-2-9(8)15-10;/h1-2,5-6,14H,3-4H2,(H3,12,13);1H. The number of nitrogens with one attached hydrogen (secondary N) is 1. The summed E-state index contributed by atoms with van der Waals surface area (Å²) in [5.41, 5.74) is 6.54. The first kappa shape index (κ1) is 13.0. The first-order valence-electron chi connectivity index (χ1n) is 4.68. The molecule has 0 radical (unpaired) electrons. The zero-order valence-electron chi connectivity index (χ0n) is 8.56. The van der Waals surface area contributed by atoms with Crippen molar-refractivity contribution in [3.8, 4) is 0 Å². The number of nitrogens with two attached hydrogens (primary N) is 1. The van der Waals surface area contributed by atoms with Crippen molar-refractivity contribution in [3.05, 3.63) is 34.7 Å². The van der Waals surface area contributed by atoms with Crippen molar-refractivity contribution in [2.75, 3.05) is 6.61 Å². The van der Waals surface area contributed by atoms with Crippen LogP contribution in [0, 0.1) is 5.41 Å². The Bertz CT molecular complexity index is 510. The third-order valence-electron chi connectivity index (χ3n) is 2.25. The molecule has 0 atom stereocenters. The molecule has 1 heterocycles. The van der Waals surface area contributed by atoms with Crippen LogP contribution in [-0.4, -0.2) is 17.5 Å². The van der Waals surface area contributed by atoms with Crippen molar-refractivity contribution < 1.29 is 5.11 Å². The molecule has 0 aliphatic heterocycles. The van der Waals surface area contributed by atoms with Gasteiger partial charge in [0.05, 0.1) is 4.88 Å². The van der Waals surface area contributed by atoms with Crippen molar-refractivity contribution >= 4 is 39.7 Å². The van der Waals surface area contributed by atoms with Crippen LogP contribution in [0.3, 0.4) is 0 Å². The lowest BCUT2D eigenvalue weighted by molar-refractivity contribution is 0.299. The fourth-order valence-electron chi connectivity index (χ4n) is 1.51. The van der Waals surface area contributed by atoms with E-state index in [4.69, 9.17) is 16.2 Å². The molecule has 0 saturated heterocycles. The number of aliphatic hydroxyl groups excluding tert-OH is 1. The van der Waals surface area contributed by atoms with Gasteiger partial charge >= 0.3 is 0 Å². The summed E-state index contributed by atoms with van der Waals surface area (Å²) in [6, 6.07) is 7.97. The molecule has 4 N–H and O–H groups in total. The van der Waals surface area contributed by atoms with Crippen LogP contribution in [0.1, 0.15) is 10.4 Å². The molecular weight excluding hydrogens is 244 g/mol. The third-order valence-corrected chi connectivity index (χ3v) is 3.40. The van der Waals surface area contributed by atoms with Gasteiger partial charge in [-0.2, -0.15) is 0 Å². The summed E-state index contributed by atoms with van der Waals surface area (Å²) >= 11 is 1.52. The smallest absolute Gasteiger partial charge is 0.133 e. The molecule has 3 nitrogen and oxygen atoms in total. The first-order chi connectivity index (χ1) is 7.20. The minimum Gasteiger partial charge on any atom is -0.396 e. The molecule has 2 aromatic rings. The summed E-state index contributed by atoms with van der Waals surface area (Å²) in [6.45, 7) is 0.162. The average molecular weight is 257 g/mol. The molecule has 0 amide bonds. The molecular formula is C11H13ClN2OS. The zero-order valence-corrected chi connectivity index (χ0v) is 10.2. The second kappa shape index (κ2) is 5.30. The van der Waals surface area contributed by atoms with Gasteiger partial charge in [-0.25, -0.2) is 0 Å². The van der Waals surface area contributed by atoms with Crippen molar-refractivity contribution in [3.63, 3.8) is 0 Å². The summed E-state index contributed by atoms with van der Waals surface area (Å²) < 4.78 is 1.13. The number of benzene rings is 1. The second-order valence-corrected chi connectivity index (χ2v) is 4.45. The Labute approximate surface area is 104 Å². The summed E-state index contributed by atoms with van der Waals surface area (Å²) in [5.74, 6) is 0.111. The van der Waals surface area contributed by atoms with Gasteiger partial charge in [-0.05, 0) is 29.5 Å². The van der Waals surface area contributed by atoms with E-state index in [1.807, 2.05) is 24.3 Å². The van der Waals surface area contributed by atoms with E-state index >= 15 is 0 Å². The predicted octanol–water partition coefficient (Wildman–Crippen LogP) is 2.14. The Morgan fingerprint density at radius 2 is 2.12 bits per heavy atom. The van der Waals surface area contributed by atoms with Crippen LogP contribution in [0.25, 0.3) is 10.1 Å². The lowest BCUT2D eigenvalue weighted by Crippen LogP contribution is -2.08. The Balaban J connectivity index is 0.00000128. The molecule has 1 aromatic heterocycles. The predicted molar refractivity (Wildman–Crippen MR) is 70.9 cm³/mol. The van der Waals surface area contributed by atoms with Gasteiger partial charge in [0.2, 0.25) is 0 Å². The summed E-state index contributed by atoms with van der Waals surface area (Å²) in [6.07, 6.45) is 0.668. The molecule has 2 rings (SSSR count). The normalized spacial score (nSPS) is 10.1. The molecule has 86 valence electrons. The average Bonchev–Trinajstić information content (AvgIpc) is 2.61. The highest BCUT2D eigenvalue weighted by Crippen LogP contribution is 2.26. The van der Waals surface area contributed by atoms with E-state index in [9.17, 15) is 0 Å². The van der Waals surface area contributed by atoms with Crippen LogP contribution >= 0.6 is 23.7 Å². The lowest BCUT2D eigenvalue weighted by Gasteiger charge is -1.96. The zero-order chi connectivity index (χ0) is 10.8. The molecule has 0 spiro atoms. The number of halogens is 1. The van der Waals surface area contributed by atoms with Gasteiger partial charge in [0.1, 0.15) is 5.84 Å². The van der Waals surface area contributed by atoms with Gasteiger partial charge in [-0.15, -0.1) is 23.7 Å². The molecule has 0 unspecified atom stereocenters. The Kier molecular flexibility index (Phi) is 4.29. The SMILES string of the molecule is Cl.N=C(N)c1cc2cc(CCO)ccc2s1. The number of hydrogen-bond donors (Lipinski definition) is 3. The highest BCUT2D eigenvalue weighted by molar-refractivity contribution is 7.20. The van der Waals surface area contributed by atoms with Crippen LogP contribution in [0.2, 0.25) is 0 Å². The highest BCUT2D eigenvalue weighted by Gasteiger charge is 2.04. The van der Waals surface area contributed by atoms with Crippen molar-refractivity contribution in [1.29, 1.82) is 5.41 Å². The lowest BCUT2D eigenvalue weighted by atomic mass is 10.1. The fourth-order valence-corrected chi connectivity index (χ4v) is 2.41. The Morgan fingerprint density at radius 3 is 2.75 bits per heavy atom. The number of thiophene rings is 1. The van der Waals surface area contributed by atoms with Gasteiger partial charge in [0, 0.05) is 11.3 Å². The first-order valence-corrected chi connectivity index (χ1v) is 5.50. The van der Waals surface area contributed by atoms with Crippen molar-refractivity contribution in [1.82, 2.24) is 0 Å². The molecule has 16 heavy (non-hydrogen) atoms. The molecule has 0 aliphatic rings. The summed E-state index contributed by atoms with van der Waals surface area (Å²) in [5, 5.41) is 17.3. The molecule has 1 aromatic carbocycles. The van der Waals surface area contributed by atoms with Gasteiger partial charge in [-0.1, -0.05) is 12.1 Å². The Morgan fingerprint density at radius 1 is 1.38 bits per heavy atom. The van der Waals surface area contributed by atoms with E-state index in [2.05, 4.69) is 0 Å². The number of rotatable bonds is 3. The van der Waals surface area contributed by atoms with Crippen LogP contribution in [-0.2, 0) is 6.42 Å². The number of amidine groups is 1. The van der Waals surface area contributed by atoms with Crippen LogP contribution in [0.5, 0.6) is 0 Å². The van der Waals surface area contributed by atoms with E-state index in [0.29, 0.717) is 6.42 Å². The number of hydrogen-bond acceptors (Lipinski definition) is 3. The minimum atomic E-state index is 0. The fraction of sp³-hybridized carbons (Fsp3) is 0.182. The number of aliphatic hydroxyl groups is 1. The molecule has 0 bridgehead atoms. The van der Waals surface area contributed by atoms with Gasteiger partial charge in [-0.3, -0.25) is 5.41 Å². The summed E-state index contributed by atoms with van der Waals surface area (Å²) in [4.78, 5) is 0.797. The molecule has 0 fully saturated rings.